The molecule has 10 rings (SSSR count). The summed E-state index contributed by atoms with van der Waals surface area (Å²) in [5, 5.41) is 77.7. The van der Waals surface area contributed by atoms with Crippen LogP contribution in [0.4, 0.5) is 11.4 Å². The van der Waals surface area contributed by atoms with Gasteiger partial charge < -0.3 is 98.5 Å². The first-order valence-corrected chi connectivity index (χ1v) is 46.0. The summed E-state index contributed by atoms with van der Waals surface area (Å²) in [6.07, 6.45) is -9.61. The van der Waals surface area contributed by atoms with Gasteiger partial charge in [-0.3, -0.25) is 67.6 Å². The number of phosphoric ester groups is 2. The van der Waals surface area contributed by atoms with E-state index < -0.39 is 212 Å². The lowest BCUT2D eigenvalue weighted by atomic mass is 9.88. The van der Waals surface area contributed by atoms with E-state index in [1.165, 1.54) is 55.6 Å². The number of carbonyl (C=O) groups is 2. The summed E-state index contributed by atoms with van der Waals surface area (Å²) in [6, 6.07) is 14.5. The van der Waals surface area contributed by atoms with Crippen LogP contribution in [-0.4, -0.2) is 152 Å². The van der Waals surface area contributed by atoms with Crippen molar-refractivity contribution in [2.45, 2.75) is 130 Å². The lowest BCUT2D eigenvalue weighted by Gasteiger charge is -2.22. The van der Waals surface area contributed by atoms with Crippen LogP contribution in [0.1, 0.15) is 145 Å². The van der Waals surface area contributed by atoms with E-state index >= 15 is 0 Å². The molecule has 4 aliphatic rings. The summed E-state index contributed by atoms with van der Waals surface area (Å²) < 4.78 is 129. The van der Waals surface area contributed by atoms with Crippen LogP contribution in [0.25, 0.3) is 33.4 Å². The number of carboxylic acid groups (broad SMARTS) is 1. The summed E-state index contributed by atoms with van der Waals surface area (Å²) in [7, 11) is -32.9. The molecular formula is C71H78Cl2N7O42P6-. The van der Waals surface area contributed by atoms with Crippen molar-refractivity contribution in [1.29, 1.82) is 0 Å². The predicted octanol–water partition coefficient (Wildman–Crippen LogP) is 7.12. The molecule has 1 aliphatic carbocycles. The Hall–Kier alpha value is -9.33. The number of nitrogens with one attached hydrogen (secondary N) is 2. The number of carboxylic acids is 1. The number of benzene rings is 5. The van der Waals surface area contributed by atoms with Crippen LogP contribution in [0.5, 0.6) is 11.5 Å². The van der Waals surface area contributed by atoms with E-state index in [2.05, 4.69) is 59.9 Å². The SMILES string of the molecule is C.CC(C)[C@H](OCc1cn([C@H]2CC(O)[C@@H](COP(=O)(O)OP(=O)(O)OP(=O)(O)O)O2)c(=O)[nH]c1=O)c1ccc(C#CCN)cc1[N+](=O)[O-].COc1cc2c(-c3cc(C(=O)CCC#Cc4ccc([C@@H](OCc5cn([C@H]6CC(O)[C@@H](COP(=O)(O)OP(=O)(O)OP(=O)(O)O)O6)c(=O)[nH]c5=O)C(C)C)c([N+](=O)[O-])c4)ccc3C(=O)O)c3cc(CO)c([O-])c(Cl)c3oc-2c(Cl)c1=O. The minimum Gasteiger partial charge on any atom is -0.871 e. The number of Topliss-reactive ketones (excluding diaryl/α,β-unsaturated/α-hetero) is 1. The van der Waals surface area contributed by atoms with Crippen LogP contribution < -0.4 is 43.5 Å². The number of rotatable bonds is 35. The lowest BCUT2D eigenvalue weighted by Crippen LogP contribution is -2.34. The second-order valence-electron chi connectivity index (χ2n) is 27.9. The summed E-state index contributed by atoms with van der Waals surface area (Å²) in [5.41, 5.74) is -0.392. The number of aromatic carboxylic acids is 1. The van der Waals surface area contributed by atoms with Gasteiger partial charge in [0.2, 0.25) is 5.43 Å². The number of H-pyrrole nitrogens is 2. The van der Waals surface area contributed by atoms with Crippen molar-refractivity contribution in [2.24, 2.45) is 17.6 Å². The van der Waals surface area contributed by atoms with Crippen molar-refractivity contribution in [2.75, 3.05) is 26.9 Å². The highest BCUT2D eigenvalue weighted by atomic mass is 35.5. The van der Waals surface area contributed by atoms with Crippen LogP contribution >= 0.6 is 70.1 Å². The van der Waals surface area contributed by atoms with Gasteiger partial charge in [-0.1, -0.05) is 93.8 Å². The average Bonchev–Trinajstić information content (AvgIpc) is 0.885. The number of hydrogen-bond acceptors (Lipinski definition) is 34. The van der Waals surface area contributed by atoms with E-state index in [9.17, 15) is 126 Å². The van der Waals surface area contributed by atoms with E-state index in [0.717, 1.165) is 33.7 Å². The average molecular weight is 1960 g/mol. The number of nitro groups is 2. The Labute approximate surface area is 728 Å². The third-order valence-electron chi connectivity index (χ3n) is 18.3. The molecule has 12 atom stereocenters. The molecule has 0 radical (unpaired) electrons. The number of hydrogen-bond donors (Lipinski definition) is 15. The molecule has 49 nitrogen and oxygen atoms in total. The highest BCUT2D eigenvalue weighted by Gasteiger charge is 2.46. The normalized spacial score (nSPS) is 18.8. The van der Waals surface area contributed by atoms with Gasteiger partial charge in [-0.15, -0.1) is 0 Å². The molecule has 0 bridgehead atoms. The van der Waals surface area contributed by atoms with Gasteiger partial charge in [0.15, 0.2) is 22.9 Å². The maximum absolute atomic E-state index is 13.8. The molecule has 16 N–H and O–H groups in total. The fourth-order valence-electron chi connectivity index (χ4n) is 12.8. The number of phosphoric acid groups is 6. The number of aromatic amines is 2. The van der Waals surface area contributed by atoms with Crippen molar-refractivity contribution in [3.63, 3.8) is 0 Å². The molecular weight excluding hydrogens is 1880 g/mol. The van der Waals surface area contributed by atoms with Crippen LogP contribution in [0, 0.1) is 55.7 Å². The number of ether oxygens (including phenoxy) is 5. The number of halogens is 2. The Bertz CT molecular complexity index is 6340. The molecule has 2 saturated heterocycles. The Morgan fingerprint density at radius 3 is 1.52 bits per heavy atom. The number of ketones is 1. The Morgan fingerprint density at radius 1 is 0.641 bits per heavy atom. The molecule has 694 valence electrons. The first-order valence-electron chi connectivity index (χ1n) is 36.2. The van der Waals surface area contributed by atoms with Gasteiger partial charge in [0, 0.05) is 83.4 Å². The number of methoxy groups -OCH3 is 1. The molecule has 0 amide bonds. The van der Waals surface area contributed by atoms with Gasteiger partial charge in [0.25, 0.3) is 22.5 Å². The highest BCUT2D eigenvalue weighted by Crippen LogP contribution is 2.68. The molecule has 4 aromatic carbocycles. The number of nitrogens with two attached hydrogens (primary N) is 1. The molecule has 6 unspecified atom stereocenters. The van der Waals surface area contributed by atoms with Crippen LogP contribution in [0.2, 0.25) is 10.0 Å². The molecule has 5 heterocycles. The summed E-state index contributed by atoms with van der Waals surface area (Å²) in [5.74, 6) is 6.76. The summed E-state index contributed by atoms with van der Waals surface area (Å²) in [6.45, 7) is 3.05. The third kappa shape index (κ3) is 26.5. The smallest absolute Gasteiger partial charge is 0.490 e. The van der Waals surface area contributed by atoms with Gasteiger partial charge >= 0.3 is 64.3 Å². The minimum absolute atomic E-state index is 0. The standard InChI is InChI=1S/C47H44Cl2N3O25P3.C23H31N4O17P3.CH4/c1-21(2)42(72-19-25-17-51(47(61)50-45(25)58)36-16-33(55)35(74-36)20-73-79(67,68)77-80(69,70)76-78(64,65)66)27-10-8-22(12-31(27)52(62)63)6-4-5-7-32(54)23-9-11-26(46(59)60)28(13-23)37-29-14-24(18-53)40(56)38(48)43(29)75-44-30(37)15-34(71-3)41(57)39(44)49;1-13(2)21(16-6-5-14(4-3-7-24)8-17(16)27(31)32)40-11-15-10-26(23(30)25-22(15)29)20-9-18(28)19(42-20)12-41-46(36,37)44-47(38,39)43-45(33,34)35;/h8-15,17,21,33,35-36,42,53,55-56H,5,7,16,18-20H2,1-3H3,(H,59,60)(H,67,68)(H,69,70)(H,50,58,61)(H2,64,65,66);5-6,8,10,13,18-21,28H,7,9,11-12,24H2,1-2H3,(H,36,37)(H,38,39)(H,25,29,30)(H2,33,34,35);1H4/p-1/t33?,35-,36-,42+;18?,19-,20-,21+;/m11./s1. The molecule has 57 heteroatoms. The molecule has 2 fully saturated rings. The fourth-order valence-corrected chi connectivity index (χ4v) is 19.3. The molecule has 2 aromatic heterocycles. The van der Waals surface area contributed by atoms with E-state index in [4.69, 9.17) is 76.6 Å². The van der Waals surface area contributed by atoms with Gasteiger partial charge in [-0.25, -0.2) is 41.8 Å². The summed E-state index contributed by atoms with van der Waals surface area (Å²) in [4.78, 5) is 191. The van der Waals surface area contributed by atoms with Gasteiger partial charge in [0.1, 0.15) is 29.7 Å². The van der Waals surface area contributed by atoms with E-state index in [1.54, 1.807) is 33.8 Å². The van der Waals surface area contributed by atoms with Crippen molar-refractivity contribution >= 4 is 104 Å². The molecule has 0 saturated carbocycles. The zero-order valence-electron chi connectivity index (χ0n) is 65.8. The number of aliphatic hydroxyl groups excluding tert-OH is 3. The second kappa shape index (κ2) is 42.7. The monoisotopic (exact) mass is 1960 g/mol. The number of nitro benzene ring substituents is 2. The number of nitrogens with zero attached hydrogens (tertiary/aromatic N) is 4. The van der Waals surface area contributed by atoms with Gasteiger partial charge in [-0.05, 0) is 71.5 Å². The van der Waals surface area contributed by atoms with E-state index in [1.807, 2.05) is 0 Å². The predicted molar refractivity (Wildman–Crippen MR) is 439 cm³/mol. The van der Waals surface area contributed by atoms with Gasteiger partial charge in [-0.2, -0.15) is 17.2 Å². The first-order chi connectivity index (χ1) is 59.2. The van der Waals surface area contributed by atoms with Crippen LogP contribution in [0.15, 0.2) is 108 Å². The lowest BCUT2D eigenvalue weighted by molar-refractivity contribution is -0.386. The van der Waals surface area contributed by atoms with E-state index in [-0.39, 0.29) is 129 Å². The minimum atomic E-state index is -5.86. The van der Waals surface area contributed by atoms with Crippen molar-refractivity contribution < 1.29 is 166 Å². The summed E-state index contributed by atoms with van der Waals surface area (Å²) >= 11 is 12.9. The molecule has 3 aliphatic heterocycles. The highest BCUT2D eigenvalue weighted by molar-refractivity contribution is 7.67. The van der Waals surface area contributed by atoms with Crippen molar-refractivity contribution in [3.8, 4) is 57.6 Å². The number of carbonyl (C=O) groups excluding carboxylic acids is 1. The largest absolute Gasteiger partial charge is 0.871 e. The quantitative estimate of drug-likeness (QED) is 0.00469. The maximum Gasteiger partial charge on any atom is 0.490 e. The zero-order chi connectivity index (χ0) is 94.2. The Balaban J connectivity index is 0.000000359. The first kappa shape index (κ1) is 104. The number of aliphatic hydroxyl groups is 3. The third-order valence-corrected chi connectivity index (χ3v) is 26.6. The van der Waals surface area contributed by atoms with Crippen LogP contribution in [0.3, 0.4) is 0 Å². The maximum atomic E-state index is 13.8. The Kier molecular flexibility index (Phi) is 34.7. The van der Waals surface area contributed by atoms with Crippen LogP contribution in [-0.2, 0) is 92.4 Å². The number of fused-ring (bicyclic) bond motifs is 2. The van der Waals surface area contributed by atoms with Crippen molar-refractivity contribution in [1.82, 2.24) is 19.1 Å². The molecule has 6 aromatic rings. The zero-order valence-corrected chi connectivity index (χ0v) is 72.6. The number of aromatic nitrogens is 4. The molecule has 128 heavy (non-hydrogen) atoms. The van der Waals surface area contributed by atoms with Gasteiger partial charge in [0.05, 0.1) is 114 Å². The van der Waals surface area contributed by atoms with Crippen molar-refractivity contribution in [3.05, 3.63) is 211 Å². The van der Waals surface area contributed by atoms with E-state index in [0.29, 0.717) is 5.56 Å². The fraction of sp³-hybridized carbons (Fsp3) is 0.366. The second-order valence-corrected chi connectivity index (χ2v) is 37.5. The Morgan fingerprint density at radius 2 is 1.10 bits per heavy atom. The molecule has 0 spiro atoms. The topological polar surface area (TPSA) is 756 Å².